The van der Waals surface area contributed by atoms with Crippen LogP contribution in [0.5, 0.6) is 0 Å². The van der Waals surface area contributed by atoms with Crippen molar-refractivity contribution in [3.8, 4) is 0 Å². The highest BCUT2D eigenvalue weighted by Crippen LogP contribution is 2.28. The minimum atomic E-state index is -0.813. The second-order valence-corrected chi connectivity index (χ2v) is 6.51. The summed E-state index contributed by atoms with van der Waals surface area (Å²) in [5, 5.41) is 36.0. The van der Waals surface area contributed by atoms with Gasteiger partial charge in [0.2, 0.25) is 5.91 Å². The lowest BCUT2D eigenvalue weighted by Crippen LogP contribution is -2.24. The molecule has 1 rings (SSSR count). The van der Waals surface area contributed by atoms with E-state index >= 15 is 0 Å². The van der Waals surface area contributed by atoms with E-state index in [1.165, 1.54) is 12.1 Å². The Bertz CT molecular complexity index is 724. The van der Waals surface area contributed by atoms with Crippen molar-refractivity contribution < 1.29 is 24.5 Å². The van der Waals surface area contributed by atoms with E-state index in [1.54, 1.807) is 0 Å². The molecule has 1 aromatic carbocycles. The molecule has 0 heterocycles. The van der Waals surface area contributed by atoms with Crippen LogP contribution in [0.15, 0.2) is 18.2 Å². The summed E-state index contributed by atoms with van der Waals surface area (Å²) in [6, 6.07) is 3.45. The number of carboxylic acid groups (broad SMARTS) is 1. The van der Waals surface area contributed by atoms with Gasteiger partial charge in [0.25, 0.3) is 11.4 Å². The van der Waals surface area contributed by atoms with Crippen molar-refractivity contribution in [1.82, 2.24) is 5.32 Å². The molecule has 0 spiro atoms. The number of hydrogen-bond acceptors (Lipinski definition) is 7. The average Bonchev–Trinajstić information content (AvgIpc) is 2.66. The van der Waals surface area contributed by atoms with Crippen LogP contribution in [0.25, 0.3) is 0 Å². The molecule has 29 heavy (non-hydrogen) atoms. The van der Waals surface area contributed by atoms with E-state index in [9.17, 15) is 29.8 Å². The fraction of sp³-hybridized carbons (Fsp3) is 0.556. The van der Waals surface area contributed by atoms with Crippen LogP contribution in [0.2, 0.25) is 0 Å². The fourth-order valence-corrected chi connectivity index (χ4v) is 2.64. The minimum absolute atomic E-state index is 0.0535. The molecule has 160 valence electrons. The number of carboxylic acids is 1. The van der Waals surface area contributed by atoms with E-state index in [0.717, 1.165) is 25.3 Å². The van der Waals surface area contributed by atoms with Gasteiger partial charge in [0, 0.05) is 32.0 Å². The van der Waals surface area contributed by atoms with Crippen molar-refractivity contribution >= 4 is 28.9 Å². The SMILES string of the molecule is O=C(O)CCCCCNC(=O)CCCCCNc1ccc([N+](=O)[O-])cc1[N+](=O)[O-]. The molecule has 0 aliphatic rings. The van der Waals surface area contributed by atoms with Gasteiger partial charge in [0.15, 0.2) is 0 Å². The van der Waals surface area contributed by atoms with E-state index < -0.39 is 15.8 Å². The summed E-state index contributed by atoms with van der Waals surface area (Å²) in [6.45, 7) is 0.980. The molecule has 1 aromatic rings. The van der Waals surface area contributed by atoms with Crippen LogP contribution < -0.4 is 10.6 Å². The van der Waals surface area contributed by atoms with Gasteiger partial charge in [-0.2, -0.15) is 0 Å². The van der Waals surface area contributed by atoms with Crippen molar-refractivity contribution in [3.63, 3.8) is 0 Å². The molecule has 0 atom stereocenters. The predicted octanol–water partition coefficient (Wildman–Crippen LogP) is 3.24. The van der Waals surface area contributed by atoms with Gasteiger partial charge >= 0.3 is 5.97 Å². The average molecular weight is 410 g/mol. The number of nitro groups is 2. The van der Waals surface area contributed by atoms with Crippen molar-refractivity contribution in [2.45, 2.75) is 51.4 Å². The van der Waals surface area contributed by atoms with Crippen LogP contribution in [0.3, 0.4) is 0 Å². The van der Waals surface area contributed by atoms with Gasteiger partial charge in [0.05, 0.1) is 15.9 Å². The summed E-state index contributed by atoms with van der Waals surface area (Å²) in [4.78, 5) is 42.5. The Balaban J connectivity index is 2.18. The number of anilines is 1. The Morgan fingerprint density at radius 1 is 0.897 bits per heavy atom. The van der Waals surface area contributed by atoms with Crippen LogP contribution in [0, 0.1) is 20.2 Å². The lowest BCUT2D eigenvalue weighted by Gasteiger charge is -2.07. The maximum atomic E-state index is 11.7. The normalized spacial score (nSPS) is 10.3. The topological polar surface area (TPSA) is 165 Å². The summed E-state index contributed by atoms with van der Waals surface area (Å²) in [5.41, 5.74) is -0.460. The lowest BCUT2D eigenvalue weighted by atomic mass is 10.1. The number of nitrogens with one attached hydrogen (secondary N) is 2. The largest absolute Gasteiger partial charge is 0.481 e. The minimum Gasteiger partial charge on any atom is -0.481 e. The lowest BCUT2D eigenvalue weighted by molar-refractivity contribution is -0.393. The number of amides is 1. The standard InChI is InChI=1S/C18H26N4O7/c23-17(20-12-6-2-4-8-18(24)25)7-3-1-5-11-19-15-10-9-14(21(26)27)13-16(15)22(28)29/h9-10,13,19H,1-8,11-12H2,(H,20,23)(H,24,25). The Labute approximate surface area is 167 Å². The molecular formula is C18H26N4O7. The molecule has 0 unspecified atom stereocenters. The Morgan fingerprint density at radius 2 is 1.55 bits per heavy atom. The first-order chi connectivity index (χ1) is 13.8. The molecule has 1 amide bonds. The van der Waals surface area contributed by atoms with E-state index in [2.05, 4.69) is 10.6 Å². The van der Waals surface area contributed by atoms with Crippen LogP contribution in [-0.2, 0) is 9.59 Å². The first-order valence-electron chi connectivity index (χ1n) is 9.46. The number of rotatable bonds is 15. The zero-order valence-electron chi connectivity index (χ0n) is 16.1. The van der Waals surface area contributed by atoms with Gasteiger partial charge in [0.1, 0.15) is 5.69 Å². The molecule has 0 saturated carbocycles. The number of benzene rings is 1. The summed E-state index contributed by atoms with van der Waals surface area (Å²) < 4.78 is 0. The molecule has 0 aromatic heterocycles. The molecular weight excluding hydrogens is 384 g/mol. The first kappa shape index (κ1) is 23.8. The predicted molar refractivity (Wildman–Crippen MR) is 106 cm³/mol. The third-order valence-corrected chi connectivity index (χ3v) is 4.17. The molecule has 0 radical (unpaired) electrons. The van der Waals surface area contributed by atoms with Gasteiger partial charge in [-0.25, -0.2) is 0 Å². The third-order valence-electron chi connectivity index (χ3n) is 4.17. The fourth-order valence-electron chi connectivity index (χ4n) is 2.64. The maximum Gasteiger partial charge on any atom is 0.303 e. The molecule has 3 N–H and O–H groups in total. The highest BCUT2D eigenvalue weighted by Gasteiger charge is 2.18. The molecule has 0 bridgehead atoms. The highest BCUT2D eigenvalue weighted by molar-refractivity contribution is 5.75. The third kappa shape index (κ3) is 10.0. The van der Waals surface area contributed by atoms with Crippen LogP contribution in [0.1, 0.15) is 51.4 Å². The molecule has 11 nitrogen and oxygen atoms in total. The monoisotopic (exact) mass is 410 g/mol. The van der Waals surface area contributed by atoms with Gasteiger partial charge in [-0.15, -0.1) is 0 Å². The van der Waals surface area contributed by atoms with Gasteiger partial charge in [-0.05, 0) is 31.7 Å². The molecule has 0 aliphatic carbocycles. The summed E-state index contributed by atoms with van der Waals surface area (Å²) in [6.07, 6.45) is 4.75. The Hall–Kier alpha value is -3.24. The van der Waals surface area contributed by atoms with Crippen LogP contribution in [-0.4, -0.2) is 39.9 Å². The van der Waals surface area contributed by atoms with E-state index in [-0.39, 0.29) is 29.4 Å². The first-order valence-corrected chi connectivity index (χ1v) is 9.46. The maximum absolute atomic E-state index is 11.7. The summed E-state index contributed by atoms with van der Waals surface area (Å²) >= 11 is 0. The quantitative estimate of drug-likeness (QED) is 0.225. The number of carbonyl (C=O) groups excluding carboxylic acids is 1. The highest BCUT2D eigenvalue weighted by atomic mass is 16.6. The second-order valence-electron chi connectivity index (χ2n) is 6.51. The zero-order valence-corrected chi connectivity index (χ0v) is 16.1. The Kier molecular flexibility index (Phi) is 10.7. The number of unbranched alkanes of at least 4 members (excludes halogenated alkanes) is 4. The molecule has 11 heteroatoms. The van der Waals surface area contributed by atoms with Gasteiger partial charge < -0.3 is 15.7 Å². The number of carbonyl (C=O) groups is 2. The van der Waals surface area contributed by atoms with Crippen molar-refractivity contribution in [3.05, 3.63) is 38.4 Å². The Morgan fingerprint density at radius 3 is 2.17 bits per heavy atom. The molecule has 0 aliphatic heterocycles. The van der Waals surface area contributed by atoms with E-state index in [0.29, 0.717) is 38.8 Å². The van der Waals surface area contributed by atoms with Crippen molar-refractivity contribution in [2.75, 3.05) is 18.4 Å². The van der Waals surface area contributed by atoms with Crippen molar-refractivity contribution in [2.24, 2.45) is 0 Å². The van der Waals surface area contributed by atoms with Crippen LogP contribution in [0.4, 0.5) is 17.1 Å². The molecule has 0 saturated heterocycles. The van der Waals surface area contributed by atoms with E-state index in [1.807, 2.05) is 0 Å². The number of nitrogens with zero attached hydrogens (tertiary/aromatic N) is 2. The summed E-state index contributed by atoms with van der Waals surface area (Å²) in [7, 11) is 0. The number of non-ortho nitro benzene ring substituents is 1. The second kappa shape index (κ2) is 13.0. The smallest absolute Gasteiger partial charge is 0.303 e. The van der Waals surface area contributed by atoms with Crippen LogP contribution >= 0.6 is 0 Å². The van der Waals surface area contributed by atoms with Gasteiger partial charge in [-0.3, -0.25) is 29.8 Å². The van der Waals surface area contributed by atoms with E-state index in [4.69, 9.17) is 5.11 Å². The van der Waals surface area contributed by atoms with Gasteiger partial charge in [-0.1, -0.05) is 12.8 Å². The molecule has 0 fully saturated rings. The number of aliphatic carboxylic acids is 1. The van der Waals surface area contributed by atoms with Crippen molar-refractivity contribution in [1.29, 1.82) is 0 Å². The number of nitro benzene ring substituents is 2. The zero-order chi connectivity index (χ0) is 21.6. The summed E-state index contributed by atoms with van der Waals surface area (Å²) in [5.74, 6) is -0.867. The number of hydrogen-bond donors (Lipinski definition) is 3.